The number of amides is 1. The molecule has 9 unspecified atom stereocenters. The Morgan fingerprint density at radius 3 is 2.35 bits per heavy atom. The van der Waals surface area contributed by atoms with Gasteiger partial charge in [-0.25, -0.2) is 4.79 Å². The summed E-state index contributed by atoms with van der Waals surface area (Å²) in [4.78, 5) is 25.8. The molecule has 0 heterocycles. The number of fused-ring (bicyclic) bond motifs is 5. The molecular formula is C29H45NO4. The Bertz CT molecular complexity index is 861. The average Bonchev–Trinajstić information content (AvgIpc) is 3.03. The highest BCUT2D eigenvalue weighted by Gasteiger charge is 2.71. The molecule has 0 aromatic heterocycles. The summed E-state index contributed by atoms with van der Waals surface area (Å²) in [7, 11) is 1.61. The van der Waals surface area contributed by atoms with Gasteiger partial charge in [-0.2, -0.15) is 0 Å². The van der Waals surface area contributed by atoms with E-state index >= 15 is 0 Å². The van der Waals surface area contributed by atoms with E-state index in [1.807, 2.05) is 20.8 Å². The first-order valence-corrected chi connectivity index (χ1v) is 14.1. The summed E-state index contributed by atoms with van der Waals surface area (Å²) in [5, 5.41) is 3.25. The van der Waals surface area contributed by atoms with Crippen LogP contribution in [0.2, 0.25) is 0 Å². The van der Waals surface area contributed by atoms with Gasteiger partial charge in [0.1, 0.15) is 5.60 Å². The Hall–Kier alpha value is -1.26. The normalized spacial score (nSPS) is 48.8. The molecule has 6 aliphatic carbocycles. The number of methoxy groups -OCH3 is 1. The van der Waals surface area contributed by atoms with Crippen molar-refractivity contribution >= 4 is 12.1 Å². The van der Waals surface area contributed by atoms with Crippen molar-refractivity contribution in [3.8, 4) is 0 Å². The van der Waals surface area contributed by atoms with Gasteiger partial charge in [-0.3, -0.25) is 4.79 Å². The largest absolute Gasteiger partial charge is 0.469 e. The van der Waals surface area contributed by atoms with Crippen LogP contribution in [0.25, 0.3) is 0 Å². The van der Waals surface area contributed by atoms with Crippen LogP contribution in [0.4, 0.5) is 4.79 Å². The van der Waals surface area contributed by atoms with Crippen molar-refractivity contribution in [2.75, 3.05) is 7.11 Å². The standard InChI is InChI=1S/C29H45NO4/c1-26(2,3)34-25(32)30-23-10-19-8-20-14-27(13-19,15-21(20)11-23)28-12-18-6-5-7-29(17-28,24(31)33-4)22(9-18)16-28/h18-23H,5-17H2,1-4H3,(H,30,32). The quantitative estimate of drug-likeness (QED) is 0.494. The third-order valence-electron chi connectivity index (χ3n) is 11.5. The molecule has 34 heavy (non-hydrogen) atoms. The number of carbonyl (C=O) groups excluding carboxylic acids is 2. The lowest BCUT2D eigenvalue weighted by Crippen LogP contribution is -2.47. The van der Waals surface area contributed by atoms with Crippen molar-refractivity contribution in [2.24, 2.45) is 45.8 Å². The molecule has 0 saturated heterocycles. The zero-order valence-corrected chi connectivity index (χ0v) is 21.8. The van der Waals surface area contributed by atoms with Crippen molar-refractivity contribution < 1.29 is 19.1 Å². The first kappa shape index (κ1) is 23.2. The minimum atomic E-state index is -0.455. The van der Waals surface area contributed by atoms with Gasteiger partial charge < -0.3 is 14.8 Å². The van der Waals surface area contributed by atoms with Crippen LogP contribution >= 0.6 is 0 Å². The monoisotopic (exact) mass is 471 g/mol. The van der Waals surface area contributed by atoms with E-state index in [-0.39, 0.29) is 23.5 Å². The minimum Gasteiger partial charge on any atom is -0.469 e. The van der Waals surface area contributed by atoms with Crippen LogP contribution in [0.1, 0.15) is 104 Å². The van der Waals surface area contributed by atoms with Crippen molar-refractivity contribution in [3.63, 3.8) is 0 Å². The lowest BCUT2D eigenvalue weighted by Gasteiger charge is -2.55. The van der Waals surface area contributed by atoms with E-state index in [2.05, 4.69) is 5.32 Å². The van der Waals surface area contributed by atoms with Crippen molar-refractivity contribution in [1.82, 2.24) is 5.32 Å². The molecule has 0 radical (unpaired) electrons. The molecule has 6 fully saturated rings. The first-order chi connectivity index (χ1) is 16.1. The van der Waals surface area contributed by atoms with Crippen LogP contribution < -0.4 is 5.32 Å². The lowest BCUT2D eigenvalue weighted by atomic mass is 9.50. The highest BCUT2D eigenvalue weighted by molar-refractivity contribution is 5.78. The zero-order valence-electron chi connectivity index (χ0n) is 21.8. The molecule has 6 saturated carbocycles. The number of carbonyl (C=O) groups is 2. The number of hydrogen-bond acceptors (Lipinski definition) is 4. The van der Waals surface area contributed by atoms with Crippen LogP contribution in [0.15, 0.2) is 0 Å². The van der Waals surface area contributed by atoms with Gasteiger partial charge in [0, 0.05) is 6.04 Å². The molecule has 6 aliphatic rings. The minimum absolute atomic E-state index is 0.102. The first-order valence-electron chi connectivity index (χ1n) is 14.1. The van der Waals surface area contributed by atoms with Gasteiger partial charge in [0.15, 0.2) is 0 Å². The Morgan fingerprint density at radius 1 is 0.882 bits per heavy atom. The average molecular weight is 472 g/mol. The Labute approximate surface area is 205 Å². The van der Waals surface area contributed by atoms with Gasteiger partial charge in [-0.1, -0.05) is 12.8 Å². The SMILES string of the molecule is COC(=O)C12CCCC3CC1CC(C14CC5CC(NC(=O)OC(C)(C)C)CC(C1)C(C5)C4)(C3)C2. The molecule has 1 N–H and O–H groups in total. The summed E-state index contributed by atoms with van der Waals surface area (Å²) in [6, 6.07) is 0.243. The molecule has 0 aliphatic heterocycles. The molecule has 6 bridgehead atoms. The van der Waals surface area contributed by atoms with Crippen LogP contribution in [-0.2, 0) is 14.3 Å². The molecule has 1 amide bonds. The molecule has 0 aromatic rings. The summed E-state index contributed by atoms with van der Waals surface area (Å²) in [6.07, 6.45) is 15.8. The van der Waals surface area contributed by atoms with Crippen LogP contribution in [-0.4, -0.2) is 30.8 Å². The highest BCUT2D eigenvalue weighted by atomic mass is 16.6. The van der Waals surface area contributed by atoms with Gasteiger partial charge in [0.2, 0.25) is 0 Å². The van der Waals surface area contributed by atoms with E-state index in [1.165, 1.54) is 57.8 Å². The number of alkyl carbamates (subject to hydrolysis) is 1. The fraction of sp³-hybridized carbons (Fsp3) is 0.931. The smallest absolute Gasteiger partial charge is 0.407 e. The topological polar surface area (TPSA) is 64.6 Å². The van der Waals surface area contributed by atoms with Crippen LogP contribution in [0.5, 0.6) is 0 Å². The predicted octanol–water partition coefficient (Wildman–Crippen LogP) is 6.25. The zero-order chi connectivity index (χ0) is 23.9. The number of nitrogens with one attached hydrogen (secondary N) is 1. The van der Waals surface area contributed by atoms with Gasteiger partial charge in [0.05, 0.1) is 12.5 Å². The third kappa shape index (κ3) is 3.45. The van der Waals surface area contributed by atoms with Crippen molar-refractivity contribution in [1.29, 1.82) is 0 Å². The van der Waals surface area contributed by atoms with E-state index in [1.54, 1.807) is 7.11 Å². The maximum Gasteiger partial charge on any atom is 0.407 e. The summed E-state index contributed by atoms with van der Waals surface area (Å²) < 4.78 is 11.1. The number of hydrogen-bond donors (Lipinski definition) is 1. The molecule has 6 rings (SSSR count). The van der Waals surface area contributed by atoms with Crippen LogP contribution in [0, 0.1) is 45.8 Å². The summed E-state index contributed by atoms with van der Waals surface area (Å²) in [6.45, 7) is 5.80. The third-order valence-corrected chi connectivity index (χ3v) is 11.5. The number of rotatable bonds is 3. The summed E-state index contributed by atoms with van der Waals surface area (Å²) in [5.74, 6) is 3.65. The van der Waals surface area contributed by atoms with Gasteiger partial charge in [-0.15, -0.1) is 0 Å². The van der Waals surface area contributed by atoms with E-state index in [0.717, 1.165) is 37.5 Å². The lowest BCUT2D eigenvalue weighted by molar-refractivity contribution is -0.156. The van der Waals surface area contributed by atoms with E-state index in [4.69, 9.17) is 9.47 Å². The molecule has 0 spiro atoms. The van der Waals surface area contributed by atoms with E-state index in [0.29, 0.717) is 28.6 Å². The second-order valence-electron chi connectivity index (χ2n) is 14.5. The Morgan fingerprint density at radius 2 is 1.62 bits per heavy atom. The maximum absolute atomic E-state index is 13.3. The van der Waals surface area contributed by atoms with Crippen LogP contribution in [0.3, 0.4) is 0 Å². The maximum atomic E-state index is 13.3. The van der Waals surface area contributed by atoms with Gasteiger partial charge >= 0.3 is 12.1 Å². The number of ether oxygens (including phenoxy) is 2. The Balaban J connectivity index is 1.25. The fourth-order valence-corrected chi connectivity index (χ4v) is 10.9. The van der Waals surface area contributed by atoms with Gasteiger partial charge in [0.25, 0.3) is 0 Å². The summed E-state index contributed by atoms with van der Waals surface area (Å²) in [5.41, 5.74) is 0.0851. The fourth-order valence-electron chi connectivity index (χ4n) is 10.9. The Kier molecular flexibility index (Phi) is 5.19. The molecular weight excluding hydrogens is 426 g/mol. The summed E-state index contributed by atoms with van der Waals surface area (Å²) >= 11 is 0. The second kappa shape index (κ2) is 7.62. The molecule has 0 aromatic carbocycles. The highest BCUT2D eigenvalue weighted by Crippen LogP contribution is 2.77. The molecule has 190 valence electrons. The van der Waals surface area contributed by atoms with Crippen molar-refractivity contribution in [2.45, 2.75) is 116 Å². The molecule has 5 nitrogen and oxygen atoms in total. The predicted molar refractivity (Wildman–Crippen MR) is 130 cm³/mol. The molecule has 9 atom stereocenters. The second-order valence-corrected chi connectivity index (χ2v) is 14.5. The van der Waals surface area contributed by atoms with Crippen molar-refractivity contribution in [3.05, 3.63) is 0 Å². The molecule has 5 heteroatoms. The van der Waals surface area contributed by atoms with E-state index < -0.39 is 5.60 Å². The van der Waals surface area contributed by atoms with E-state index in [9.17, 15) is 9.59 Å². The number of esters is 1. The van der Waals surface area contributed by atoms with Gasteiger partial charge in [-0.05, 0) is 132 Å².